The van der Waals surface area contributed by atoms with Crippen molar-refractivity contribution in [3.8, 4) is 5.75 Å². The lowest BCUT2D eigenvalue weighted by Crippen LogP contribution is -2.24. The molecule has 114 valence electrons. The van der Waals surface area contributed by atoms with E-state index in [1.165, 1.54) is 13.2 Å². The van der Waals surface area contributed by atoms with Crippen molar-refractivity contribution in [3.05, 3.63) is 41.7 Å². The van der Waals surface area contributed by atoms with Crippen LogP contribution in [0.1, 0.15) is 11.1 Å². The Morgan fingerprint density at radius 3 is 2.71 bits per heavy atom. The van der Waals surface area contributed by atoms with Gasteiger partial charge in [0.25, 0.3) is 0 Å². The van der Waals surface area contributed by atoms with E-state index >= 15 is 0 Å². The molecule has 0 aliphatic heterocycles. The molecule has 2 aromatic rings. The molecule has 0 spiro atoms. The van der Waals surface area contributed by atoms with E-state index in [1.807, 2.05) is 0 Å². The average Bonchev–Trinajstić information content (AvgIpc) is 2.90. The molecule has 0 atom stereocenters. The highest BCUT2D eigenvalue weighted by Gasteiger charge is 2.20. The Hall–Kier alpha value is -1.90. The molecular weight excluding hydrogens is 292 g/mol. The van der Waals surface area contributed by atoms with Crippen LogP contribution in [0.2, 0.25) is 0 Å². The minimum atomic E-state index is -3.69. The highest BCUT2D eigenvalue weighted by atomic mass is 32.2. The van der Waals surface area contributed by atoms with E-state index in [0.29, 0.717) is 0 Å². The summed E-state index contributed by atoms with van der Waals surface area (Å²) in [5.41, 5.74) is 7.05. The number of rotatable bonds is 6. The molecule has 1 heterocycles. The van der Waals surface area contributed by atoms with Crippen molar-refractivity contribution in [2.75, 3.05) is 7.11 Å². The van der Waals surface area contributed by atoms with Gasteiger partial charge in [-0.1, -0.05) is 6.07 Å². The maximum Gasteiger partial charge on any atom is 0.244 e. The second-order valence-electron chi connectivity index (χ2n) is 4.54. The zero-order valence-corrected chi connectivity index (χ0v) is 12.7. The zero-order valence-electron chi connectivity index (χ0n) is 11.9. The van der Waals surface area contributed by atoms with Gasteiger partial charge in [0, 0.05) is 31.9 Å². The summed E-state index contributed by atoms with van der Waals surface area (Å²) in [7, 11) is -0.494. The van der Waals surface area contributed by atoms with Crippen LogP contribution in [0.25, 0.3) is 0 Å². The fourth-order valence-corrected chi connectivity index (χ4v) is 3.11. The van der Waals surface area contributed by atoms with Crippen LogP contribution >= 0.6 is 0 Å². The number of hydrogen-bond acceptors (Lipinski definition) is 5. The third-order valence-corrected chi connectivity index (χ3v) is 4.40. The van der Waals surface area contributed by atoms with E-state index in [4.69, 9.17) is 10.5 Å². The number of nitrogens with two attached hydrogens (primary N) is 1. The number of aryl methyl sites for hydroxylation is 1. The van der Waals surface area contributed by atoms with Gasteiger partial charge < -0.3 is 10.5 Å². The molecule has 0 bridgehead atoms. The second kappa shape index (κ2) is 6.25. The summed E-state index contributed by atoms with van der Waals surface area (Å²) in [6, 6.07) is 4.85. The number of sulfonamides is 1. The summed E-state index contributed by atoms with van der Waals surface area (Å²) in [4.78, 5) is 0.0804. The van der Waals surface area contributed by atoms with Gasteiger partial charge in [-0.25, -0.2) is 13.1 Å². The van der Waals surface area contributed by atoms with Crippen molar-refractivity contribution in [1.82, 2.24) is 14.5 Å². The Morgan fingerprint density at radius 2 is 2.14 bits per heavy atom. The first kappa shape index (κ1) is 15.5. The minimum Gasteiger partial charge on any atom is -0.495 e. The summed E-state index contributed by atoms with van der Waals surface area (Å²) >= 11 is 0. The Balaban J connectivity index is 2.26. The molecule has 0 unspecified atom stereocenters. The van der Waals surface area contributed by atoms with Crippen LogP contribution in [-0.4, -0.2) is 25.3 Å². The molecule has 0 fully saturated rings. The molecule has 3 N–H and O–H groups in total. The number of aromatic nitrogens is 2. The van der Waals surface area contributed by atoms with Crippen molar-refractivity contribution >= 4 is 10.0 Å². The Kier molecular flexibility index (Phi) is 4.61. The van der Waals surface area contributed by atoms with E-state index in [1.54, 1.807) is 36.3 Å². The van der Waals surface area contributed by atoms with Crippen LogP contribution in [0, 0.1) is 0 Å². The van der Waals surface area contributed by atoms with Crippen LogP contribution in [0.3, 0.4) is 0 Å². The fraction of sp³-hybridized carbons (Fsp3) is 0.308. The number of nitrogens with one attached hydrogen (secondary N) is 1. The lowest BCUT2D eigenvalue weighted by atomic mass is 10.2. The average molecular weight is 310 g/mol. The van der Waals surface area contributed by atoms with Crippen molar-refractivity contribution < 1.29 is 13.2 Å². The van der Waals surface area contributed by atoms with E-state index in [9.17, 15) is 8.42 Å². The van der Waals surface area contributed by atoms with Gasteiger partial charge in [0.1, 0.15) is 10.6 Å². The molecular formula is C13H18N4O3S. The maximum absolute atomic E-state index is 12.4. The van der Waals surface area contributed by atoms with Crippen LogP contribution in [0.5, 0.6) is 5.75 Å². The van der Waals surface area contributed by atoms with Gasteiger partial charge in [0.2, 0.25) is 10.0 Å². The van der Waals surface area contributed by atoms with Crippen molar-refractivity contribution in [1.29, 1.82) is 0 Å². The van der Waals surface area contributed by atoms with E-state index in [0.717, 1.165) is 11.1 Å². The Morgan fingerprint density at radius 1 is 1.38 bits per heavy atom. The molecule has 8 heteroatoms. The molecule has 0 amide bonds. The number of nitrogens with zero attached hydrogens (tertiary/aromatic N) is 2. The van der Waals surface area contributed by atoms with Gasteiger partial charge in [0.15, 0.2) is 0 Å². The largest absolute Gasteiger partial charge is 0.495 e. The monoisotopic (exact) mass is 310 g/mol. The third kappa shape index (κ3) is 3.60. The lowest BCUT2D eigenvalue weighted by molar-refractivity contribution is 0.402. The zero-order chi connectivity index (χ0) is 15.5. The quantitative estimate of drug-likeness (QED) is 0.803. The first-order valence-corrected chi connectivity index (χ1v) is 7.79. The van der Waals surface area contributed by atoms with E-state index in [-0.39, 0.29) is 23.7 Å². The Labute approximate surface area is 123 Å². The number of benzene rings is 1. The van der Waals surface area contributed by atoms with Gasteiger partial charge in [-0.3, -0.25) is 4.68 Å². The van der Waals surface area contributed by atoms with Crippen LogP contribution in [-0.2, 0) is 30.2 Å². The van der Waals surface area contributed by atoms with Gasteiger partial charge in [-0.2, -0.15) is 5.10 Å². The molecule has 1 aromatic heterocycles. The first-order chi connectivity index (χ1) is 9.96. The topological polar surface area (TPSA) is 99.2 Å². The predicted octanol–water partition coefficient (Wildman–Crippen LogP) is 0.366. The summed E-state index contributed by atoms with van der Waals surface area (Å²) in [5, 5.41) is 3.99. The number of ether oxygens (including phenoxy) is 1. The van der Waals surface area contributed by atoms with Crippen molar-refractivity contribution in [2.45, 2.75) is 18.0 Å². The van der Waals surface area contributed by atoms with Crippen LogP contribution < -0.4 is 15.2 Å². The molecule has 0 aliphatic carbocycles. The highest BCUT2D eigenvalue weighted by molar-refractivity contribution is 7.89. The second-order valence-corrected chi connectivity index (χ2v) is 6.27. The van der Waals surface area contributed by atoms with Gasteiger partial charge in [-0.15, -0.1) is 0 Å². The SMILES string of the molecule is COc1ccc(CN)cc1S(=O)(=O)NCc1cnn(C)c1. The molecule has 0 saturated carbocycles. The van der Waals surface area contributed by atoms with Crippen molar-refractivity contribution in [2.24, 2.45) is 12.8 Å². The molecule has 21 heavy (non-hydrogen) atoms. The van der Waals surface area contributed by atoms with Gasteiger partial charge >= 0.3 is 0 Å². The molecule has 0 saturated heterocycles. The molecule has 7 nitrogen and oxygen atoms in total. The number of hydrogen-bond donors (Lipinski definition) is 2. The molecule has 0 aliphatic rings. The highest BCUT2D eigenvalue weighted by Crippen LogP contribution is 2.24. The fourth-order valence-electron chi connectivity index (χ4n) is 1.88. The van der Waals surface area contributed by atoms with Crippen LogP contribution in [0.4, 0.5) is 0 Å². The summed E-state index contributed by atoms with van der Waals surface area (Å²) < 4.78 is 34.1. The summed E-state index contributed by atoms with van der Waals surface area (Å²) in [6.07, 6.45) is 3.35. The smallest absolute Gasteiger partial charge is 0.244 e. The molecule has 2 rings (SSSR count). The first-order valence-electron chi connectivity index (χ1n) is 6.30. The van der Waals surface area contributed by atoms with Gasteiger partial charge in [0.05, 0.1) is 13.3 Å². The predicted molar refractivity (Wildman–Crippen MR) is 78.1 cm³/mol. The molecule has 1 aromatic carbocycles. The van der Waals surface area contributed by atoms with E-state index in [2.05, 4.69) is 9.82 Å². The normalized spacial score (nSPS) is 11.6. The standard InChI is InChI=1S/C13H18N4O3S/c1-17-9-11(7-15-17)8-16-21(18,19)13-5-10(6-14)3-4-12(13)20-2/h3-5,7,9,16H,6,8,14H2,1-2H3. The minimum absolute atomic E-state index is 0.0804. The Bertz CT molecular complexity index is 725. The van der Waals surface area contributed by atoms with Crippen molar-refractivity contribution in [3.63, 3.8) is 0 Å². The summed E-state index contributed by atoms with van der Waals surface area (Å²) in [5.74, 6) is 0.283. The third-order valence-electron chi connectivity index (χ3n) is 2.98. The number of methoxy groups -OCH3 is 1. The van der Waals surface area contributed by atoms with Crippen LogP contribution in [0.15, 0.2) is 35.5 Å². The maximum atomic E-state index is 12.4. The summed E-state index contributed by atoms with van der Waals surface area (Å²) in [6.45, 7) is 0.418. The molecule has 0 radical (unpaired) electrons. The lowest BCUT2D eigenvalue weighted by Gasteiger charge is -2.11. The van der Waals surface area contributed by atoms with E-state index < -0.39 is 10.0 Å². The van der Waals surface area contributed by atoms with Gasteiger partial charge in [-0.05, 0) is 17.7 Å².